The summed E-state index contributed by atoms with van der Waals surface area (Å²) >= 11 is 0. The van der Waals surface area contributed by atoms with Crippen molar-refractivity contribution in [1.29, 1.82) is 0 Å². The Kier molecular flexibility index (Phi) is 6.35. The summed E-state index contributed by atoms with van der Waals surface area (Å²) in [7, 11) is 0. The Morgan fingerprint density at radius 1 is 1.50 bits per heavy atom. The van der Waals surface area contributed by atoms with E-state index in [9.17, 15) is 0 Å². The predicted molar refractivity (Wildman–Crippen MR) is 56.5 cm³/mol. The van der Waals surface area contributed by atoms with E-state index in [4.69, 9.17) is 0 Å². The van der Waals surface area contributed by atoms with Gasteiger partial charge in [-0.2, -0.15) is 0 Å². The van der Waals surface area contributed by atoms with Gasteiger partial charge in [-0.15, -0.1) is 0 Å². The standard InChI is InChI=1S/C11H19N/c1-5-8-9-10(4)11(6-2)12-7-3/h6-7,10H,2-3,5,8-9H2,1,4H3. The van der Waals surface area contributed by atoms with Crippen LogP contribution in [0, 0.1) is 5.92 Å². The van der Waals surface area contributed by atoms with Crippen LogP contribution < -0.4 is 0 Å². The molecular formula is C11H19N. The van der Waals surface area contributed by atoms with Crippen LogP contribution in [-0.4, -0.2) is 5.71 Å². The second-order valence-electron chi connectivity index (χ2n) is 2.98. The maximum atomic E-state index is 4.16. The first kappa shape index (κ1) is 11.2. The molecule has 0 aliphatic rings. The molecule has 0 spiro atoms. The lowest BCUT2D eigenvalue weighted by Gasteiger charge is -2.09. The first-order valence-corrected chi connectivity index (χ1v) is 4.57. The summed E-state index contributed by atoms with van der Waals surface area (Å²) in [6.07, 6.45) is 7.09. The molecule has 0 N–H and O–H groups in total. The molecule has 0 fully saturated rings. The lowest BCUT2D eigenvalue weighted by atomic mass is 9.99. The van der Waals surface area contributed by atoms with E-state index in [2.05, 4.69) is 32.0 Å². The van der Waals surface area contributed by atoms with Gasteiger partial charge in [-0.25, -0.2) is 0 Å². The third kappa shape index (κ3) is 4.12. The number of aliphatic imine (C=N–C) groups is 1. The largest absolute Gasteiger partial charge is 0.262 e. The molecule has 1 atom stereocenters. The highest BCUT2D eigenvalue weighted by atomic mass is 14.7. The molecule has 12 heavy (non-hydrogen) atoms. The molecule has 0 aliphatic carbocycles. The third-order valence-electron chi connectivity index (χ3n) is 1.95. The zero-order valence-corrected chi connectivity index (χ0v) is 8.21. The van der Waals surface area contributed by atoms with Crippen LogP contribution in [0.5, 0.6) is 0 Å². The maximum Gasteiger partial charge on any atom is 0.0425 e. The minimum Gasteiger partial charge on any atom is -0.262 e. The maximum absolute atomic E-state index is 4.16. The molecule has 0 rings (SSSR count). The normalized spacial score (nSPS) is 14.0. The SMILES string of the molecule is C=CN=C(C=C)C(C)CCCC. The zero-order chi connectivity index (χ0) is 9.40. The van der Waals surface area contributed by atoms with Crippen molar-refractivity contribution in [2.75, 3.05) is 0 Å². The Bertz CT molecular complexity index is 168. The molecule has 1 unspecified atom stereocenters. The van der Waals surface area contributed by atoms with Gasteiger partial charge in [-0.1, -0.05) is 39.8 Å². The number of hydrogen-bond donors (Lipinski definition) is 0. The topological polar surface area (TPSA) is 12.4 Å². The average molecular weight is 165 g/mol. The molecule has 1 heteroatoms. The molecule has 0 bridgehead atoms. The van der Waals surface area contributed by atoms with E-state index in [1.54, 1.807) is 6.20 Å². The van der Waals surface area contributed by atoms with Gasteiger partial charge in [0.25, 0.3) is 0 Å². The quantitative estimate of drug-likeness (QED) is 0.533. The van der Waals surface area contributed by atoms with Gasteiger partial charge in [0.15, 0.2) is 0 Å². The lowest BCUT2D eigenvalue weighted by Crippen LogP contribution is -2.07. The Labute approximate surface area is 75.9 Å². The summed E-state index contributed by atoms with van der Waals surface area (Å²) in [5.74, 6) is 0.514. The van der Waals surface area contributed by atoms with E-state index >= 15 is 0 Å². The van der Waals surface area contributed by atoms with Crippen LogP contribution in [0.25, 0.3) is 0 Å². The molecule has 0 aromatic heterocycles. The Balaban J connectivity index is 4.02. The average Bonchev–Trinajstić information content (AvgIpc) is 2.10. The first-order valence-electron chi connectivity index (χ1n) is 4.57. The summed E-state index contributed by atoms with van der Waals surface area (Å²) in [6.45, 7) is 11.7. The van der Waals surface area contributed by atoms with Crippen LogP contribution in [-0.2, 0) is 0 Å². The number of rotatable bonds is 6. The molecule has 0 saturated carbocycles. The number of allylic oxidation sites excluding steroid dienone is 1. The van der Waals surface area contributed by atoms with E-state index < -0.39 is 0 Å². The van der Waals surface area contributed by atoms with Crippen molar-refractivity contribution in [3.05, 3.63) is 25.4 Å². The fraction of sp³-hybridized carbons (Fsp3) is 0.545. The summed E-state index contributed by atoms with van der Waals surface area (Å²) in [5, 5.41) is 0. The van der Waals surface area contributed by atoms with Crippen LogP contribution in [0.1, 0.15) is 33.1 Å². The number of unbranched alkanes of at least 4 members (excludes halogenated alkanes) is 1. The molecule has 0 amide bonds. The van der Waals surface area contributed by atoms with Crippen molar-refractivity contribution < 1.29 is 0 Å². The van der Waals surface area contributed by atoms with Crippen molar-refractivity contribution >= 4 is 5.71 Å². The summed E-state index contributed by atoms with van der Waals surface area (Å²) in [4.78, 5) is 4.16. The molecule has 0 saturated heterocycles. The minimum atomic E-state index is 0.514. The van der Waals surface area contributed by atoms with E-state index in [0.717, 1.165) is 5.71 Å². The summed E-state index contributed by atoms with van der Waals surface area (Å²) in [5.41, 5.74) is 1.05. The third-order valence-corrected chi connectivity index (χ3v) is 1.95. The highest BCUT2D eigenvalue weighted by Crippen LogP contribution is 2.10. The molecule has 0 radical (unpaired) electrons. The van der Waals surface area contributed by atoms with E-state index in [0.29, 0.717) is 5.92 Å². The smallest absolute Gasteiger partial charge is 0.0425 e. The van der Waals surface area contributed by atoms with Gasteiger partial charge < -0.3 is 0 Å². The van der Waals surface area contributed by atoms with Crippen LogP contribution in [0.15, 0.2) is 30.4 Å². The van der Waals surface area contributed by atoms with Crippen LogP contribution in [0.3, 0.4) is 0 Å². The van der Waals surface area contributed by atoms with Crippen molar-refractivity contribution in [2.45, 2.75) is 33.1 Å². The first-order chi connectivity index (χ1) is 5.76. The lowest BCUT2D eigenvalue weighted by molar-refractivity contribution is 0.626. The number of hydrogen-bond acceptors (Lipinski definition) is 1. The van der Waals surface area contributed by atoms with Crippen LogP contribution >= 0.6 is 0 Å². The van der Waals surface area contributed by atoms with Gasteiger partial charge in [0.1, 0.15) is 0 Å². The second-order valence-corrected chi connectivity index (χ2v) is 2.98. The highest BCUT2D eigenvalue weighted by Gasteiger charge is 2.05. The molecule has 1 nitrogen and oxygen atoms in total. The molecule has 0 heterocycles. The Morgan fingerprint density at radius 3 is 2.58 bits per heavy atom. The highest BCUT2D eigenvalue weighted by molar-refractivity contribution is 5.96. The van der Waals surface area contributed by atoms with Gasteiger partial charge in [0.05, 0.1) is 0 Å². The monoisotopic (exact) mass is 165 g/mol. The molecule has 0 aromatic rings. The summed E-state index contributed by atoms with van der Waals surface area (Å²) < 4.78 is 0. The molecule has 0 aromatic carbocycles. The second kappa shape index (κ2) is 6.84. The van der Waals surface area contributed by atoms with Gasteiger partial charge in [0.2, 0.25) is 0 Å². The van der Waals surface area contributed by atoms with Crippen molar-refractivity contribution in [2.24, 2.45) is 10.9 Å². The fourth-order valence-corrected chi connectivity index (χ4v) is 1.14. The van der Waals surface area contributed by atoms with Crippen molar-refractivity contribution in [3.8, 4) is 0 Å². The van der Waals surface area contributed by atoms with E-state index in [-0.39, 0.29) is 0 Å². The Hall–Kier alpha value is -0.850. The predicted octanol–water partition coefficient (Wildman–Crippen LogP) is 3.58. The molecular weight excluding hydrogens is 146 g/mol. The fourth-order valence-electron chi connectivity index (χ4n) is 1.14. The molecule has 68 valence electrons. The van der Waals surface area contributed by atoms with Gasteiger partial charge in [0, 0.05) is 11.9 Å². The minimum absolute atomic E-state index is 0.514. The molecule has 0 aliphatic heterocycles. The van der Waals surface area contributed by atoms with Crippen LogP contribution in [0.4, 0.5) is 0 Å². The van der Waals surface area contributed by atoms with E-state index in [1.807, 2.05) is 6.08 Å². The zero-order valence-electron chi connectivity index (χ0n) is 8.21. The van der Waals surface area contributed by atoms with Gasteiger partial charge in [-0.05, 0) is 18.4 Å². The van der Waals surface area contributed by atoms with Crippen molar-refractivity contribution in [3.63, 3.8) is 0 Å². The van der Waals surface area contributed by atoms with Crippen molar-refractivity contribution in [1.82, 2.24) is 0 Å². The van der Waals surface area contributed by atoms with Crippen LogP contribution in [0.2, 0.25) is 0 Å². The number of nitrogens with zero attached hydrogens (tertiary/aromatic N) is 1. The summed E-state index contributed by atoms with van der Waals surface area (Å²) in [6, 6.07) is 0. The van der Waals surface area contributed by atoms with E-state index in [1.165, 1.54) is 19.3 Å². The van der Waals surface area contributed by atoms with Gasteiger partial charge in [-0.3, -0.25) is 4.99 Å². The Morgan fingerprint density at radius 2 is 2.17 bits per heavy atom. The van der Waals surface area contributed by atoms with Gasteiger partial charge >= 0.3 is 0 Å².